The zero-order valence-corrected chi connectivity index (χ0v) is 11.9. The zero-order valence-electron chi connectivity index (χ0n) is 11.0. The molecule has 0 atom stereocenters. The summed E-state index contributed by atoms with van der Waals surface area (Å²) < 4.78 is 1.82. The Bertz CT molecular complexity index is 548. The zero-order chi connectivity index (χ0) is 13.1. The summed E-state index contributed by atoms with van der Waals surface area (Å²) in [6.07, 6.45) is 4.27. The van der Waals surface area contributed by atoms with E-state index in [1.54, 1.807) is 18.1 Å². The molecule has 0 saturated heterocycles. The smallest absolute Gasteiger partial charge is 0.138 e. The number of thioether (sulfide) groups is 1. The lowest BCUT2D eigenvalue weighted by molar-refractivity contribution is 0.687. The lowest BCUT2D eigenvalue weighted by Crippen LogP contribution is -2.15. The van der Waals surface area contributed by atoms with Crippen LogP contribution in [-0.4, -0.2) is 20.8 Å². The number of aryl methyl sites for hydroxylation is 1. The topological polar surface area (TPSA) is 42.7 Å². The quantitative estimate of drug-likeness (QED) is 0.821. The van der Waals surface area contributed by atoms with Crippen molar-refractivity contribution < 1.29 is 0 Å². The molecule has 100 valence electrons. The number of hydrogen-bond acceptors (Lipinski definition) is 4. The minimum atomic E-state index is 0.759. The van der Waals surface area contributed by atoms with E-state index in [0.717, 1.165) is 24.2 Å². The molecule has 5 heteroatoms. The number of aromatic nitrogens is 3. The second kappa shape index (κ2) is 5.75. The number of nitrogens with zero attached hydrogens (tertiary/aromatic N) is 3. The molecule has 3 rings (SSSR count). The van der Waals surface area contributed by atoms with Gasteiger partial charge in [-0.3, -0.25) is 4.68 Å². The summed E-state index contributed by atoms with van der Waals surface area (Å²) in [7, 11) is 1.93. The lowest BCUT2D eigenvalue weighted by atomic mass is 10.2. The van der Waals surface area contributed by atoms with Crippen molar-refractivity contribution in [1.29, 1.82) is 0 Å². The van der Waals surface area contributed by atoms with E-state index >= 15 is 0 Å². The summed E-state index contributed by atoms with van der Waals surface area (Å²) in [4.78, 5) is 5.53. The standard InChI is InChI=1S/C14H18N4S/c1-18-14(16-10-17-18)9-19-13-4-2-3-11(7-13)8-15-12-5-6-12/h2-4,7,10,12,15H,5-6,8-9H2,1H3. The SMILES string of the molecule is Cn1ncnc1CSc1cccc(CNC2CC2)c1. The van der Waals surface area contributed by atoms with Crippen LogP contribution in [0, 0.1) is 0 Å². The molecule has 0 bridgehead atoms. The van der Waals surface area contributed by atoms with Crippen LogP contribution in [0.2, 0.25) is 0 Å². The van der Waals surface area contributed by atoms with Gasteiger partial charge < -0.3 is 5.32 Å². The number of benzene rings is 1. The number of hydrogen-bond donors (Lipinski definition) is 1. The van der Waals surface area contributed by atoms with Gasteiger partial charge >= 0.3 is 0 Å². The summed E-state index contributed by atoms with van der Waals surface area (Å²) in [5, 5.41) is 7.63. The molecular formula is C14H18N4S. The van der Waals surface area contributed by atoms with Crippen LogP contribution in [-0.2, 0) is 19.3 Å². The maximum Gasteiger partial charge on any atom is 0.138 e. The Morgan fingerprint density at radius 2 is 2.32 bits per heavy atom. The monoisotopic (exact) mass is 274 g/mol. The molecule has 1 fully saturated rings. The summed E-state index contributed by atoms with van der Waals surface area (Å²) in [6, 6.07) is 9.48. The van der Waals surface area contributed by atoms with Crippen LogP contribution < -0.4 is 5.32 Å². The van der Waals surface area contributed by atoms with E-state index in [-0.39, 0.29) is 0 Å². The minimum absolute atomic E-state index is 0.759. The van der Waals surface area contributed by atoms with Gasteiger partial charge in [-0.25, -0.2) is 4.98 Å². The van der Waals surface area contributed by atoms with Crippen molar-refractivity contribution >= 4 is 11.8 Å². The lowest BCUT2D eigenvalue weighted by Gasteiger charge is -2.06. The summed E-state index contributed by atoms with van der Waals surface area (Å²) in [5.41, 5.74) is 1.36. The molecule has 1 saturated carbocycles. The van der Waals surface area contributed by atoms with Gasteiger partial charge in [0, 0.05) is 24.5 Å². The first-order valence-electron chi connectivity index (χ1n) is 6.59. The van der Waals surface area contributed by atoms with Crippen molar-refractivity contribution in [2.45, 2.75) is 36.1 Å². The Labute approximate surface area is 117 Å². The Balaban J connectivity index is 1.57. The van der Waals surface area contributed by atoms with Gasteiger partial charge in [0.25, 0.3) is 0 Å². The van der Waals surface area contributed by atoms with E-state index in [1.807, 2.05) is 11.7 Å². The van der Waals surface area contributed by atoms with Crippen molar-refractivity contribution in [3.8, 4) is 0 Å². The fourth-order valence-corrected chi connectivity index (χ4v) is 2.86. The van der Waals surface area contributed by atoms with Gasteiger partial charge in [-0.1, -0.05) is 12.1 Å². The molecule has 1 aromatic heterocycles. The molecule has 0 unspecified atom stereocenters. The summed E-state index contributed by atoms with van der Waals surface area (Å²) in [6.45, 7) is 0.975. The van der Waals surface area contributed by atoms with Crippen LogP contribution in [0.4, 0.5) is 0 Å². The normalized spacial score (nSPS) is 14.8. The number of rotatable bonds is 6. The maximum absolute atomic E-state index is 4.24. The molecule has 1 aliphatic carbocycles. The first kappa shape index (κ1) is 12.7. The van der Waals surface area contributed by atoms with Crippen LogP contribution in [0.15, 0.2) is 35.5 Å². The van der Waals surface area contributed by atoms with Gasteiger partial charge in [0.1, 0.15) is 12.2 Å². The second-order valence-electron chi connectivity index (χ2n) is 4.89. The van der Waals surface area contributed by atoms with Crippen molar-refractivity contribution in [2.24, 2.45) is 7.05 Å². The third kappa shape index (κ3) is 3.58. The largest absolute Gasteiger partial charge is 0.310 e. The Hall–Kier alpha value is -1.33. The maximum atomic E-state index is 4.24. The molecule has 0 spiro atoms. The van der Waals surface area contributed by atoms with Gasteiger partial charge in [-0.2, -0.15) is 5.10 Å². The Kier molecular flexibility index (Phi) is 3.84. The number of nitrogens with one attached hydrogen (secondary N) is 1. The molecule has 2 aromatic rings. The first-order valence-corrected chi connectivity index (χ1v) is 7.58. The minimum Gasteiger partial charge on any atom is -0.310 e. The van der Waals surface area contributed by atoms with Crippen molar-refractivity contribution in [3.05, 3.63) is 42.0 Å². The van der Waals surface area contributed by atoms with E-state index < -0.39 is 0 Å². The highest BCUT2D eigenvalue weighted by Crippen LogP contribution is 2.23. The van der Waals surface area contributed by atoms with Crippen molar-refractivity contribution in [3.63, 3.8) is 0 Å². The molecule has 0 amide bonds. The van der Waals surface area contributed by atoms with E-state index in [0.29, 0.717) is 0 Å². The predicted molar refractivity (Wildman–Crippen MR) is 76.9 cm³/mol. The van der Waals surface area contributed by atoms with Crippen LogP contribution in [0.1, 0.15) is 24.2 Å². The molecule has 1 aromatic carbocycles. The molecule has 0 radical (unpaired) electrons. The Morgan fingerprint density at radius 3 is 3.05 bits per heavy atom. The molecule has 1 heterocycles. The first-order chi connectivity index (χ1) is 9.31. The highest BCUT2D eigenvalue weighted by Gasteiger charge is 2.19. The van der Waals surface area contributed by atoms with Crippen LogP contribution in [0.3, 0.4) is 0 Å². The van der Waals surface area contributed by atoms with Crippen LogP contribution >= 0.6 is 11.8 Å². The highest BCUT2D eigenvalue weighted by atomic mass is 32.2. The second-order valence-corrected chi connectivity index (χ2v) is 5.94. The average molecular weight is 274 g/mol. The molecule has 0 aliphatic heterocycles. The average Bonchev–Trinajstić information content (AvgIpc) is 3.17. The fourth-order valence-electron chi connectivity index (χ4n) is 1.89. The third-order valence-electron chi connectivity index (χ3n) is 3.24. The highest BCUT2D eigenvalue weighted by molar-refractivity contribution is 7.98. The Morgan fingerprint density at radius 1 is 1.42 bits per heavy atom. The van der Waals surface area contributed by atoms with E-state index in [1.165, 1.54) is 23.3 Å². The molecule has 19 heavy (non-hydrogen) atoms. The van der Waals surface area contributed by atoms with Crippen LogP contribution in [0.5, 0.6) is 0 Å². The van der Waals surface area contributed by atoms with Gasteiger partial charge in [0.05, 0.1) is 5.75 Å². The third-order valence-corrected chi connectivity index (χ3v) is 4.23. The molecule has 4 nitrogen and oxygen atoms in total. The summed E-state index contributed by atoms with van der Waals surface area (Å²) >= 11 is 1.81. The van der Waals surface area contributed by atoms with E-state index in [2.05, 4.69) is 39.7 Å². The molecule has 1 aliphatic rings. The predicted octanol–water partition coefficient (Wildman–Crippen LogP) is 2.36. The van der Waals surface area contributed by atoms with E-state index in [4.69, 9.17) is 0 Å². The van der Waals surface area contributed by atoms with Crippen molar-refractivity contribution in [1.82, 2.24) is 20.1 Å². The fraction of sp³-hybridized carbons (Fsp3) is 0.429. The van der Waals surface area contributed by atoms with Gasteiger partial charge in [0.2, 0.25) is 0 Å². The van der Waals surface area contributed by atoms with Gasteiger partial charge in [-0.15, -0.1) is 11.8 Å². The van der Waals surface area contributed by atoms with Gasteiger partial charge in [0.15, 0.2) is 0 Å². The van der Waals surface area contributed by atoms with Crippen LogP contribution in [0.25, 0.3) is 0 Å². The van der Waals surface area contributed by atoms with Crippen molar-refractivity contribution in [2.75, 3.05) is 0 Å². The molecule has 1 N–H and O–H groups in total. The van der Waals surface area contributed by atoms with Gasteiger partial charge in [-0.05, 0) is 30.5 Å². The molecular weight excluding hydrogens is 256 g/mol. The summed E-state index contributed by atoms with van der Waals surface area (Å²) in [5.74, 6) is 1.86. The van der Waals surface area contributed by atoms with E-state index in [9.17, 15) is 0 Å².